The van der Waals surface area contributed by atoms with Gasteiger partial charge in [-0.25, -0.2) is 0 Å². The van der Waals surface area contributed by atoms with Crippen molar-refractivity contribution in [3.63, 3.8) is 0 Å². The molecule has 0 aromatic carbocycles. The van der Waals surface area contributed by atoms with Crippen molar-refractivity contribution in [1.82, 2.24) is 0 Å². The second kappa shape index (κ2) is 10.9. The van der Waals surface area contributed by atoms with E-state index in [1.807, 2.05) is 0 Å². The standard InChI is InChI=1S/4C4H7.Sn/c4*1-3-4-2;/h4*3-4H,1H2,2H3;/b4*4-3-;. The number of hydrogen-bond acceptors (Lipinski definition) is 0. The third-order valence-corrected chi connectivity index (χ3v) is 15.7. The van der Waals surface area contributed by atoms with Crippen molar-refractivity contribution in [2.75, 3.05) is 0 Å². The van der Waals surface area contributed by atoms with Crippen LogP contribution in [0.4, 0.5) is 0 Å². The molecule has 0 aromatic heterocycles. The van der Waals surface area contributed by atoms with Gasteiger partial charge in [0.1, 0.15) is 0 Å². The molecule has 17 heavy (non-hydrogen) atoms. The predicted molar refractivity (Wildman–Crippen MR) is 84.2 cm³/mol. The van der Waals surface area contributed by atoms with Gasteiger partial charge >= 0.3 is 112 Å². The summed E-state index contributed by atoms with van der Waals surface area (Å²) in [5.41, 5.74) is 0. The summed E-state index contributed by atoms with van der Waals surface area (Å²) >= 11 is -2.04. The van der Waals surface area contributed by atoms with E-state index in [9.17, 15) is 0 Å². The maximum atomic E-state index is 2.40. The van der Waals surface area contributed by atoms with Gasteiger partial charge in [0.25, 0.3) is 0 Å². The third-order valence-electron chi connectivity index (χ3n) is 3.15. The van der Waals surface area contributed by atoms with Crippen LogP contribution in [0.1, 0.15) is 27.7 Å². The average Bonchev–Trinajstić information content (AvgIpc) is 2.37. The zero-order valence-corrected chi connectivity index (χ0v) is 14.8. The Balaban J connectivity index is 4.87. The van der Waals surface area contributed by atoms with Gasteiger partial charge in [-0.2, -0.15) is 0 Å². The molecular weight excluding hydrogens is 311 g/mol. The van der Waals surface area contributed by atoms with Crippen LogP contribution in [0.2, 0.25) is 17.7 Å². The SMILES string of the molecule is C/C=C\[CH2][Sn]([CH2]/C=C\C)([CH2]/C=C\C)[CH2]/C=C\C. The van der Waals surface area contributed by atoms with Gasteiger partial charge in [-0.15, -0.1) is 0 Å². The second-order valence-corrected chi connectivity index (χ2v) is 17.8. The normalized spacial score (nSPS) is 13.9. The molecule has 96 valence electrons. The molecule has 0 aliphatic carbocycles. The number of hydrogen-bond donors (Lipinski definition) is 0. The van der Waals surface area contributed by atoms with E-state index in [0.29, 0.717) is 0 Å². The van der Waals surface area contributed by atoms with Crippen LogP contribution in [0.3, 0.4) is 0 Å². The molecule has 0 spiro atoms. The summed E-state index contributed by atoms with van der Waals surface area (Å²) in [6.07, 6.45) is 18.4. The van der Waals surface area contributed by atoms with Gasteiger partial charge in [-0.3, -0.25) is 0 Å². The molecule has 0 aliphatic heterocycles. The van der Waals surface area contributed by atoms with E-state index >= 15 is 0 Å². The summed E-state index contributed by atoms with van der Waals surface area (Å²) in [5, 5.41) is 0. The Bertz CT molecular complexity index is 220. The molecule has 0 heterocycles. The molecular formula is C16H28Sn. The van der Waals surface area contributed by atoms with Crippen LogP contribution in [-0.4, -0.2) is 18.4 Å². The van der Waals surface area contributed by atoms with Crippen molar-refractivity contribution in [1.29, 1.82) is 0 Å². The first-order valence-corrected chi connectivity index (χ1v) is 14.8. The Kier molecular flexibility index (Phi) is 10.7. The van der Waals surface area contributed by atoms with Crippen molar-refractivity contribution < 1.29 is 0 Å². The average molecular weight is 339 g/mol. The molecule has 0 N–H and O–H groups in total. The topological polar surface area (TPSA) is 0 Å². The van der Waals surface area contributed by atoms with E-state index in [0.717, 1.165) is 0 Å². The summed E-state index contributed by atoms with van der Waals surface area (Å²) in [7, 11) is 0. The number of rotatable bonds is 8. The summed E-state index contributed by atoms with van der Waals surface area (Å²) in [4.78, 5) is 0. The van der Waals surface area contributed by atoms with Gasteiger partial charge in [-0.05, 0) is 0 Å². The molecule has 0 fully saturated rings. The molecule has 0 aliphatic rings. The molecule has 0 amide bonds. The van der Waals surface area contributed by atoms with Gasteiger partial charge in [0.15, 0.2) is 0 Å². The zero-order chi connectivity index (χ0) is 13.0. The Morgan fingerprint density at radius 2 is 0.765 bits per heavy atom. The Morgan fingerprint density at radius 1 is 0.529 bits per heavy atom. The molecule has 0 aromatic rings. The molecule has 0 rings (SSSR count). The van der Waals surface area contributed by atoms with Crippen LogP contribution >= 0.6 is 0 Å². The molecule has 0 bridgehead atoms. The zero-order valence-electron chi connectivity index (χ0n) is 11.9. The van der Waals surface area contributed by atoms with Crippen molar-refractivity contribution in [2.24, 2.45) is 0 Å². The minimum atomic E-state index is -2.04. The molecule has 0 saturated carbocycles. The monoisotopic (exact) mass is 340 g/mol. The fourth-order valence-corrected chi connectivity index (χ4v) is 13.2. The van der Waals surface area contributed by atoms with Crippen molar-refractivity contribution in [3.8, 4) is 0 Å². The molecule has 1 heteroatoms. The van der Waals surface area contributed by atoms with Gasteiger partial charge in [0.2, 0.25) is 0 Å². The molecule has 0 unspecified atom stereocenters. The van der Waals surface area contributed by atoms with Gasteiger partial charge in [-0.1, -0.05) is 0 Å². The van der Waals surface area contributed by atoms with Crippen LogP contribution in [0.5, 0.6) is 0 Å². The Morgan fingerprint density at radius 3 is 0.941 bits per heavy atom. The van der Waals surface area contributed by atoms with E-state index in [1.165, 1.54) is 17.7 Å². The van der Waals surface area contributed by atoms with E-state index in [1.54, 1.807) is 0 Å². The summed E-state index contributed by atoms with van der Waals surface area (Å²) in [5.74, 6) is 0. The van der Waals surface area contributed by atoms with Crippen LogP contribution < -0.4 is 0 Å². The van der Waals surface area contributed by atoms with E-state index in [2.05, 4.69) is 76.3 Å². The second-order valence-electron chi connectivity index (χ2n) is 4.59. The van der Waals surface area contributed by atoms with E-state index in [4.69, 9.17) is 0 Å². The van der Waals surface area contributed by atoms with Crippen LogP contribution in [-0.2, 0) is 0 Å². The molecule has 0 radical (unpaired) electrons. The van der Waals surface area contributed by atoms with E-state index in [-0.39, 0.29) is 0 Å². The number of allylic oxidation sites excluding steroid dienone is 8. The van der Waals surface area contributed by atoms with Gasteiger partial charge in [0, 0.05) is 0 Å². The van der Waals surface area contributed by atoms with E-state index < -0.39 is 18.4 Å². The van der Waals surface area contributed by atoms with Crippen molar-refractivity contribution in [2.45, 2.75) is 45.4 Å². The first-order chi connectivity index (χ1) is 8.24. The van der Waals surface area contributed by atoms with Crippen molar-refractivity contribution >= 4 is 18.4 Å². The van der Waals surface area contributed by atoms with Gasteiger partial charge in [0.05, 0.1) is 0 Å². The summed E-state index contributed by atoms with van der Waals surface area (Å²) in [6.45, 7) is 8.55. The van der Waals surface area contributed by atoms with Crippen LogP contribution in [0, 0.1) is 0 Å². The maximum absolute atomic E-state index is 2.40. The first kappa shape index (κ1) is 16.8. The fourth-order valence-electron chi connectivity index (χ4n) is 1.97. The molecule has 0 saturated heterocycles. The molecule has 0 atom stereocenters. The van der Waals surface area contributed by atoms with Crippen LogP contribution in [0.15, 0.2) is 48.6 Å². The Labute approximate surface area is 112 Å². The summed E-state index contributed by atoms with van der Waals surface area (Å²) < 4.78 is 5.46. The Hall–Kier alpha value is -0.241. The summed E-state index contributed by atoms with van der Waals surface area (Å²) in [6, 6.07) is 0. The van der Waals surface area contributed by atoms with Crippen molar-refractivity contribution in [3.05, 3.63) is 48.6 Å². The first-order valence-electron chi connectivity index (χ1n) is 6.69. The quantitative estimate of drug-likeness (QED) is 0.391. The third kappa shape index (κ3) is 7.64. The fraction of sp³-hybridized carbons (Fsp3) is 0.500. The predicted octanol–water partition coefficient (Wildman–Crippen LogP) is 5.74. The van der Waals surface area contributed by atoms with Crippen LogP contribution in [0.25, 0.3) is 0 Å². The van der Waals surface area contributed by atoms with Gasteiger partial charge < -0.3 is 0 Å². The molecule has 0 nitrogen and oxygen atoms in total. The minimum absolute atomic E-state index is 1.37.